The fraction of sp³-hybridized carbons (Fsp3) is 0.267. The number of anilines is 2. The third-order valence-corrected chi connectivity index (χ3v) is 3.29. The minimum atomic E-state index is 0.308. The molecule has 21 heavy (non-hydrogen) atoms. The molecule has 6 nitrogen and oxygen atoms in total. The molecule has 3 aromatic rings. The summed E-state index contributed by atoms with van der Waals surface area (Å²) in [6.07, 6.45) is 5.39. The third-order valence-electron chi connectivity index (χ3n) is 3.29. The number of hydrogen-bond acceptors (Lipinski definition) is 6. The first kappa shape index (κ1) is 13.4. The second kappa shape index (κ2) is 5.78. The van der Waals surface area contributed by atoms with Crippen LogP contribution in [0.4, 0.5) is 12.0 Å². The molecule has 0 saturated carbocycles. The van der Waals surface area contributed by atoms with E-state index in [0.29, 0.717) is 12.0 Å². The number of rotatable bonds is 5. The number of nitrogens with zero attached hydrogens (tertiary/aromatic N) is 4. The van der Waals surface area contributed by atoms with E-state index in [4.69, 9.17) is 10.2 Å². The van der Waals surface area contributed by atoms with Gasteiger partial charge in [-0.05, 0) is 30.5 Å². The van der Waals surface area contributed by atoms with E-state index in [1.165, 1.54) is 0 Å². The van der Waals surface area contributed by atoms with Gasteiger partial charge in [-0.25, -0.2) is 9.97 Å². The molecule has 2 aromatic heterocycles. The van der Waals surface area contributed by atoms with Crippen molar-refractivity contribution in [2.75, 3.05) is 24.2 Å². The average molecular weight is 283 g/mol. The molecule has 108 valence electrons. The highest BCUT2D eigenvalue weighted by Gasteiger charge is 2.09. The maximum atomic E-state index is 5.72. The molecule has 2 heterocycles. The lowest BCUT2D eigenvalue weighted by molar-refractivity contribution is 0.578. The molecule has 2 N–H and O–H groups in total. The first-order valence-electron chi connectivity index (χ1n) is 6.85. The number of benzene rings is 1. The molecular formula is C15H17N5O. The topological polar surface area (TPSA) is 81.1 Å². The standard InChI is InChI=1S/C15H17N5O/c1-20(8-4-5-11-9-17-14(16)18-10-11)15-19-12-6-2-3-7-13(12)21-15/h2-3,6-7,9-10H,4-5,8H2,1H3,(H2,16,17,18). The van der Waals surface area contributed by atoms with Crippen molar-refractivity contribution >= 4 is 23.1 Å². The van der Waals surface area contributed by atoms with Crippen molar-refractivity contribution in [1.29, 1.82) is 0 Å². The van der Waals surface area contributed by atoms with Crippen LogP contribution in [-0.2, 0) is 6.42 Å². The third kappa shape index (κ3) is 3.10. The second-order valence-electron chi connectivity index (χ2n) is 4.94. The molecule has 0 aliphatic carbocycles. The van der Waals surface area contributed by atoms with Gasteiger partial charge in [0.05, 0.1) is 0 Å². The van der Waals surface area contributed by atoms with Gasteiger partial charge in [0.2, 0.25) is 5.95 Å². The SMILES string of the molecule is CN(CCCc1cnc(N)nc1)c1nc2ccccc2o1. The Balaban J connectivity index is 1.58. The van der Waals surface area contributed by atoms with Gasteiger partial charge < -0.3 is 15.1 Å². The van der Waals surface area contributed by atoms with Gasteiger partial charge in [0.25, 0.3) is 6.01 Å². The zero-order valence-corrected chi connectivity index (χ0v) is 11.9. The highest BCUT2D eigenvalue weighted by atomic mass is 16.4. The van der Waals surface area contributed by atoms with E-state index in [9.17, 15) is 0 Å². The van der Waals surface area contributed by atoms with Crippen LogP contribution in [0.25, 0.3) is 11.1 Å². The van der Waals surface area contributed by atoms with Gasteiger partial charge in [0, 0.05) is 26.0 Å². The quantitative estimate of drug-likeness (QED) is 0.773. The van der Waals surface area contributed by atoms with Crippen molar-refractivity contribution in [3.63, 3.8) is 0 Å². The Kier molecular flexibility index (Phi) is 3.68. The summed E-state index contributed by atoms with van der Waals surface area (Å²) >= 11 is 0. The number of para-hydroxylation sites is 2. The molecule has 0 bridgehead atoms. The van der Waals surface area contributed by atoms with Crippen molar-refractivity contribution < 1.29 is 4.42 Å². The minimum Gasteiger partial charge on any atom is -0.423 e. The van der Waals surface area contributed by atoms with Crippen LogP contribution in [0.15, 0.2) is 41.1 Å². The maximum Gasteiger partial charge on any atom is 0.298 e. The first-order valence-corrected chi connectivity index (χ1v) is 6.85. The second-order valence-corrected chi connectivity index (χ2v) is 4.94. The van der Waals surface area contributed by atoms with E-state index in [1.807, 2.05) is 36.2 Å². The van der Waals surface area contributed by atoms with E-state index in [0.717, 1.165) is 36.0 Å². The number of nitrogens with two attached hydrogens (primary N) is 1. The van der Waals surface area contributed by atoms with Crippen molar-refractivity contribution in [2.24, 2.45) is 0 Å². The minimum absolute atomic E-state index is 0.308. The Morgan fingerprint density at radius 1 is 1.19 bits per heavy atom. The van der Waals surface area contributed by atoms with Crippen LogP contribution >= 0.6 is 0 Å². The monoisotopic (exact) mass is 283 g/mol. The number of fused-ring (bicyclic) bond motifs is 1. The van der Waals surface area contributed by atoms with Gasteiger partial charge in [0.15, 0.2) is 5.58 Å². The van der Waals surface area contributed by atoms with Gasteiger partial charge in [-0.15, -0.1) is 0 Å². The predicted molar refractivity (Wildman–Crippen MR) is 82.0 cm³/mol. The highest BCUT2D eigenvalue weighted by Crippen LogP contribution is 2.20. The van der Waals surface area contributed by atoms with E-state index >= 15 is 0 Å². The lowest BCUT2D eigenvalue weighted by Crippen LogP contribution is -2.19. The van der Waals surface area contributed by atoms with Crippen LogP contribution in [0, 0.1) is 0 Å². The summed E-state index contributed by atoms with van der Waals surface area (Å²) in [5, 5.41) is 0. The molecule has 0 amide bonds. The van der Waals surface area contributed by atoms with E-state index < -0.39 is 0 Å². The molecule has 0 radical (unpaired) electrons. The van der Waals surface area contributed by atoms with Gasteiger partial charge in [-0.2, -0.15) is 4.98 Å². The van der Waals surface area contributed by atoms with Gasteiger partial charge in [-0.3, -0.25) is 0 Å². The molecule has 1 aromatic carbocycles. The van der Waals surface area contributed by atoms with E-state index in [2.05, 4.69) is 15.0 Å². The van der Waals surface area contributed by atoms with Crippen LogP contribution in [0.5, 0.6) is 0 Å². The molecule has 0 unspecified atom stereocenters. The number of nitrogen functional groups attached to an aromatic ring is 1. The molecule has 0 aliphatic rings. The lowest BCUT2D eigenvalue weighted by Gasteiger charge is -2.13. The first-order chi connectivity index (χ1) is 10.2. The fourth-order valence-electron chi connectivity index (χ4n) is 2.13. The van der Waals surface area contributed by atoms with Gasteiger partial charge >= 0.3 is 0 Å². The Morgan fingerprint density at radius 3 is 2.71 bits per heavy atom. The molecule has 0 spiro atoms. The Hall–Kier alpha value is -2.63. The Labute approximate surface area is 122 Å². The number of aromatic nitrogens is 3. The number of hydrogen-bond donors (Lipinski definition) is 1. The molecule has 6 heteroatoms. The van der Waals surface area contributed by atoms with E-state index in [1.54, 1.807) is 12.4 Å². The lowest BCUT2D eigenvalue weighted by atomic mass is 10.2. The predicted octanol–water partition coefficient (Wildman–Crippen LogP) is 2.27. The normalized spacial score (nSPS) is 10.9. The van der Waals surface area contributed by atoms with Gasteiger partial charge in [0.1, 0.15) is 5.52 Å². The van der Waals surface area contributed by atoms with E-state index in [-0.39, 0.29) is 0 Å². The summed E-state index contributed by atoms with van der Waals surface area (Å²) in [5.74, 6) is 0.308. The Morgan fingerprint density at radius 2 is 1.95 bits per heavy atom. The van der Waals surface area contributed by atoms with Crippen molar-refractivity contribution in [1.82, 2.24) is 15.0 Å². The van der Waals surface area contributed by atoms with Crippen LogP contribution in [-0.4, -0.2) is 28.5 Å². The zero-order chi connectivity index (χ0) is 14.7. The molecule has 0 aliphatic heterocycles. The van der Waals surface area contributed by atoms with Crippen LogP contribution in [0.2, 0.25) is 0 Å². The molecule has 0 fully saturated rings. The summed E-state index contributed by atoms with van der Waals surface area (Å²) in [4.78, 5) is 14.5. The zero-order valence-electron chi connectivity index (χ0n) is 11.9. The van der Waals surface area contributed by atoms with Crippen molar-refractivity contribution in [2.45, 2.75) is 12.8 Å². The van der Waals surface area contributed by atoms with Crippen LogP contribution in [0.3, 0.4) is 0 Å². The summed E-state index contributed by atoms with van der Waals surface area (Å²) in [5.41, 5.74) is 8.24. The Bertz CT molecular complexity index is 689. The molecule has 0 saturated heterocycles. The van der Waals surface area contributed by atoms with Crippen LogP contribution in [0.1, 0.15) is 12.0 Å². The molecule has 3 rings (SSSR count). The molecular weight excluding hydrogens is 266 g/mol. The van der Waals surface area contributed by atoms with Gasteiger partial charge in [-0.1, -0.05) is 12.1 Å². The summed E-state index contributed by atoms with van der Waals surface area (Å²) < 4.78 is 5.72. The smallest absolute Gasteiger partial charge is 0.298 e. The number of oxazole rings is 1. The summed E-state index contributed by atoms with van der Waals surface area (Å²) in [6, 6.07) is 8.41. The molecule has 0 atom stereocenters. The maximum absolute atomic E-state index is 5.72. The fourth-order valence-corrected chi connectivity index (χ4v) is 2.13. The van der Waals surface area contributed by atoms with Crippen LogP contribution < -0.4 is 10.6 Å². The summed E-state index contributed by atoms with van der Waals surface area (Å²) in [6.45, 7) is 0.844. The highest BCUT2D eigenvalue weighted by molar-refractivity contribution is 5.74. The van der Waals surface area contributed by atoms with Crippen molar-refractivity contribution in [3.8, 4) is 0 Å². The number of aryl methyl sites for hydroxylation is 1. The average Bonchev–Trinajstić information content (AvgIpc) is 2.93. The largest absolute Gasteiger partial charge is 0.423 e. The van der Waals surface area contributed by atoms with Crippen molar-refractivity contribution in [3.05, 3.63) is 42.2 Å². The summed E-state index contributed by atoms with van der Waals surface area (Å²) in [7, 11) is 1.98.